The molecule has 2 heterocycles. The number of nitrogens with one attached hydrogen (secondary N) is 1. The van der Waals surface area contributed by atoms with E-state index in [-0.39, 0.29) is 6.42 Å². The Morgan fingerprint density at radius 1 is 1.25 bits per heavy atom. The van der Waals surface area contributed by atoms with Gasteiger partial charge in [-0.05, 0) is 31.4 Å². The molecule has 0 spiro atoms. The summed E-state index contributed by atoms with van der Waals surface area (Å²) in [4.78, 5) is 11.5. The number of fused-ring (bicyclic) bond motifs is 1. The number of aromatic nitrogens is 3. The molecule has 0 amide bonds. The van der Waals surface area contributed by atoms with E-state index in [1.807, 2.05) is 13.0 Å². The first-order chi connectivity index (χ1) is 9.45. The van der Waals surface area contributed by atoms with Crippen LogP contribution in [0.4, 0.5) is 13.2 Å². The van der Waals surface area contributed by atoms with Gasteiger partial charge >= 0.3 is 6.18 Å². The van der Waals surface area contributed by atoms with Crippen molar-refractivity contribution >= 4 is 11.2 Å². The van der Waals surface area contributed by atoms with Crippen LogP contribution < -0.4 is 0 Å². The maximum Gasteiger partial charge on any atom is 0.392 e. The number of hydrogen-bond acceptors (Lipinski definition) is 2. The molecule has 1 saturated carbocycles. The molecule has 0 aromatic carbocycles. The Labute approximate surface area is 114 Å². The van der Waals surface area contributed by atoms with Crippen molar-refractivity contribution in [3.05, 3.63) is 23.7 Å². The van der Waals surface area contributed by atoms with Gasteiger partial charge in [-0.15, -0.1) is 0 Å². The van der Waals surface area contributed by atoms with E-state index in [9.17, 15) is 13.2 Å². The standard InChI is InChI=1S/C14H16F3N3/c1-8-6-11-13(18-7-8)20-12(19-11)9-4-2-3-5-10(9)14(15,16)17/h6-7,9-10H,2-5H2,1H3,(H,18,19,20). The highest BCUT2D eigenvalue weighted by Crippen LogP contribution is 2.45. The summed E-state index contributed by atoms with van der Waals surface area (Å²) < 4.78 is 39.4. The second-order valence-corrected chi connectivity index (χ2v) is 5.54. The fraction of sp³-hybridized carbons (Fsp3) is 0.571. The first kappa shape index (κ1) is 13.4. The van der Waals surface area contributed by atoms with Gasteiger partial charge in [-0.1, -0.05) is 12.8 Å². The molecule has 0 bridgehead atoms. The SMILES string of the molecule is Cc1cnc2nc(C3CCCCC3C(F)(F)F)[nH]c2c1. The summed E-state index contributed by atoms with van der Waals surface area (Å²) in [6.45, 7) is 1.89. The highest BCUT2D eigenvalue weighted by Gasteiger charge is 2.46. The first-order valence-electron chi connectivity index (χ1n) is 6.84. The van der Waals surface area contributed by atoms with Gasteiger partial charge < -0.3 is 4.98 Å². The van der Waals surface area contributed by atoms with E-state index in [1.54, 1.807) is 6.20 Å². The van der Waals surface area contributed by atoms with Gasteiger partial charge in [-0.2, -0.15) is 13.2 Å². The number of aromatic amines is 1. The van der Waals surface area contributed by atoms with E-state index in [0.717, 1.165) is 12.0 Å². The molecule has 2 aromatic heterocycles. The number of rotatable bonds is 1. The summed E-state index contributed by atoms with van der Waals surface area (Å²) in [5.41, 5.74) is 2.17. The number of imidazole rings is 1. The Morgan fingerprint density at radius 3 is 2.75 bits per heavy atom. The van der Waals surface area contributed by atoms with Gasteiger partial charge in [0.15, 0.2) is 5.65 Å². The van der Waals surface area contributed by atoms with E-state index in [0.29, 0.717) is 29.8 Å². The van der Waals surface area contributed by atoms with Crippen LogP contribution in [0.1, 0.15) is 43.0 Å². The molecule has 108 valence electrons. The minimum absolute atomic E-state index is 0.192. The van der Waals surface area contributed by atoms with Crippen LogP contribution in [0.15, 0.2) is 12.3 Å². The topological polar surface area (TPSA) is 41.6 Å². The van der Waals surface area contributed by atoms with Crippen LogP contribution in [0.5, 0.6) is 0 Å². The lowest BCUT2D eigenvalue weighted by Gasteiger charge is -2.31. The van der Waals surface area contributed by atoms with Gasteiger partial charge in [0.05, 0.1) is 11.4 Å². The van der Waals surface area contributed by atoms with E-state index >= 15 is 0 Å². The van der Waals surface area contributed by atoms with Crippen LogP contribution in [0, 0.1) is 12.8 Å². The van der Waals surface area contributed by atoms with Crippen LogP contribution in [0.25, 0.3) is 11.2 Å². The third-order valence-electron chi connectivity index (χ3n) is 4.03. The zero-order valence-electron chi connectivity index (χ0n) is 11.2. The average molecular weight is 283 g/mol. The number of pyridine rings is 1. The summed E-state index contributed by atoms with van der Waals surface area (Å²) in [6, 6.07) is 1.87. The third-order valence-corrected chi connectivity index (χ3v) is 4.03. The van der Waals surface area contributed by atoms with Crippen LogP contribution in [0.3, 0.4) is 0 Å². The van der Waals surface area contributed by atoms with E-state index in [1.165, 1.54) is 0 Å². The van der Waals surface area contributed by atoms with Crippen molar-refractivity contribution in [3.63, 3.8) is 0 Å². The van der Waals surface area contributed by atoms with E-state index < -0.39 is 18.0 Å². The average Bonchev–Trinajstić information content (AvgIpc) is 2.80. The summed E-state index contributed by atoms with van der Waals surface area (Å²) in [5.74, 6) is -1.43. The number of alkyl halides is 3. The minimum atomic E-state index is -4.16. The molecule has 3 rings (SSSR count). The maximum absolute atomic E-state index is 13.1. The first-order valence-corrected chi connectivity index (χ1v) is 6.84. The molecule has 2 atom stereocenters. The summed E-state index contributed by atoms with van der Waals surface area (Å²) in [6.07, 6.45) is -0.303. The number of halogens is 3. The Hall–Kier alpha value is -1.59. The minimum Gasteiger partial charge on any atom is -0.340 e. The third kappa shape index (κ3) is 2.39. The molecular weight excluding hydrogens is 267 g/mol. The second kappa shape index (κ2) is 4.75. The van der Waals surface area contributed by atoms with Crippen molar-refractivity contribution in [1.29, 1.82) is 0 Å². The molecule has 1 aliphatic rings. The molecule has 2 aromatic rings. The number of H-pyrrole nitrogens is 1. The molecule has 0 saturated heterocycles. The van der Waals surface area contributed by atoms with Crippen molar-refractivity contribution in [1.82, 2.24) is 15.0 Å². The highest BCUT2D eigenvalue weighted by molar-refractivity contribution is 5.71. The number of aryl methyl sites for hydroxylation is 1. The predicted octanol–water partition coefficient (Wildman–Crippen LogP) is 4.10. The Balaban J connectivity index is 1.99. The molecule has 1 fully saturated rings. The molecule has 3 nitrogen and oxygen atoms in total. The van der Waals surface area contributed by atoms with Crippen molar-refractivity contribution in [3.8, 4) is 0 Å². The molecule has 2 unspecified atom stereocenters. The molecule has 20 heavy (non-hydrogen) atoms. The fourth-order valence-corrected chi connectivity index (χ4v) is 3.05. The molecule has 6 heteroatoms. The predicted molar refractivity (Wildman–Crippen MR) is 69.4 cm³/mol. The Morgan fingerprint density at radius 2 is 2.00 bits per heavy atom. The maximum atomic E-state index is 13.1. The summed E-state index contributed by atoms with van der Waals surface area (Å²) in [5, 5.41) is 0. The number of nitrogens with zero attached hydrogens (tertiary/aromatic N) is 2. The zero-order valence-corrected chi connectivity index (χ0v) is 11.2. The van der Waals surface area contributed by atoms with Gasteiger partial charge in [0.1, 0.15) is 5.82 Å². The Bertz CT molecular complexity index is 618. The van der Waals surface area contributed by atoms with Crippen LogP contribution in [-0.2, 0) is 0 Å². The van der Waals surface area contributed by atoms with Gasteiger partial charge in [-0.25, -0.2) is 9.97 Å². The van der Waals surface area contributed by atoms with Crippen LogP contribution in [0.2, 0.25) is 0 Å². The summed E-state index contributed by atoms with van der Waals surface area (Å²) >= 11 is 0. The molecule has 1 N–H and O–H groups in total. The fourth-order valence-electron chi connectivity index (χ4n) is 3.05. The van der Waals surface area contributed by atoms with E-state index in [2.05, 4.69) is 15.0 Å². The second-order valence-electron chi connectivity index (χ2n) is 5.54. The summed E-state index contributed by atoms with van der Waals surface area (Å²) in [7, 11) is 0. The molecule has 0 radical (unpaired) electrons. The smallest absolute Gasteiger partial charge is 0.340 e. The van der Waals surface area contributed by atoms with Gasteiger partial charge in [0.25, 0.3) is 0 Å². The van der Waals surface area contributed by atoms with Crippen molar-refractivity contribution in [2.24, 2.45) is 5.92 Å². The van der Waals surface area contributed by atoms with E-state index in [4.69, 9.17) is 0 Å². The Kier molecular flexibility index (Phi) is 3.18. The lowest BCUT2D eigenvalue weighted by molar-refractivity contribution is -0.187. The lowest BCUT2D eigenvalue weighted by atomic mass is 9.78. The van der Waals surface area contributed by atoms with Crippen LogP contribution >= 0.6 is 0 Å². The number of hydrogen-bond donors (Lipinski definition) is 1. The van der Waals surface area contributed by atoms with Crippen molar-refractivity contribution in [2.75, 3.05) is 0 Å². The van der Waals surface area contributed by atoms with Gasteiger partial charge in [0.2, 0.25) is 0 Å². The quantitative estimate of drug-likeness (QED) is 0.856. The van der Waals surface area contributed by atoms with Crippen LogP contribution in [-0.4, -0.2) is 21.1 Å². The van der Waals surface area contributed by atoms with Gasteiger partial charge in [-0.3, -0.25) is 0 Å². The highest BCUT2D eigenvalue weighted by atomic mass is 19.4. The molecular formula is C14H16F3N3. The molecule has 0 aliphatic heterocycles. The lowest BCUT2D eigenvalue weighted by Crippen LogP contribution is -2.32. The van der Waals surface area contributed by atoms with Crippen molar-refractivity contribution in [2.45, 2.75) is 44.7 Å². The monoisotopic (exact) mass is 283 g/mol. The molecule has 1 aliphatic carbocycles. The normalized spacial score (nSPS) is 24.2. The largest absolute Gasteiger partial charge is 0.392 e. The van der Waals surface area contributed by atoms with Gasteiger partial charge in [0, 0.05) is 12.1 Å². The zero-order chi connectivity index (χ0) is 14.3. The van der Waals surface area contributed by atoms with Crippen molar-refractivity contribution < 1.29 is 13.2 Å².